The maximum atomic E-state index is 9.40. The third kappa shape index (κ3) is 8.82. The molecule has 4 heteroatoms. The first-order chi connectivity index (χ1) is 5.85. The van der Waals surface area contributed by atoms with Crippen LogP contribution in [-0.2, 0) is 30.3 Å². The van der Waals surface area contributed by atoms with E-state index < -0.39 is 15.9 Å². The maximum absolute atomic E-state index is 9.40. The Labute approximate surface area is 81.5 Å². The molecule has 0 atom stereocenters. The first-order valence-corrected chi connectivity index (χ1v) is 7.34. The van der Waals surface area contributed by atoms with E-state index in [9.17, 15) is 14.4 Å². The van der Waals surface area contributed by atoms with Crippen molar-refractivity contribution < 1.29 is 30.3 Å². The Morgan fingerprint density at radius 3 is 1.77 bits per heavy atom. The van der Waals surface area contributed by atoms with Gasteiger partial charge in [-0.25, -0.2) is 12.2 Å². The Hall–Kier alpha value is -1.09. The molecule has 0 saturated carbocycles. The molecule has 13 heavy (non-hydrogen) atoms. The zero-order valence-corrected chi connectivity index (χ0v) is 10.0. The molecule has 0 saturated heterocycles. The molecule has 1 aliphatic carbocycles. The number of allylic oxidation sites excluding steroid dienone is 4. The van der Waals surface area contributed by atoms with E-state index in [0.717, 1.165) is 6.42 Å². The van der Waals surface area contributed by atoms with Crippen LogP contribution in [0.3, 0.4) is 0 Å². The van der Waals surface area contributed by atoms with E-state index in [2.05, 4.69) is 12.2 Å². The summed E-state index contributed by atoms with van der Waals surface area (Å²) < 4.78 is 3.90. The van der Waals surface area contributed by atoms with Crippen molar-refractivity contribution >= 4 is 12.8 Å². The molecule has 0 aromatic carbocycles. The molecular weight excluding hydrogens is 340 g/mol. The van der Waals surface area contributed by atoms with E-state index in [1.807, 2.05) is 12.2 Å². The Balaban J connectivity index is 0. The monoisotopic (exact) mass is 348 g/mol. The molecule has 0 amide bonds. The van der Waals surface area contributed by atoms with Crippen LogP contribution in [0, 0.1) is 13.5 Å². The molecule has 0 bridgehead atoms. The van der Waals surface area contributed by atoms with E-state index in [4.69, 9.17) is 0 Å². The summed E-state index contributed by atoms with van der Waals surface area (Å²) in [7, 11) is 0. The van der Waals surface area contributed by atoms with E-state index in [1.165, 1.54) is 12.8 Å². The quantitative estimate of drug-likeness (QED) is 0.602. The molecule has 0 fully saturated rings. The normalized spacial score (nSPS) is 9.54. The zero-order chi connectivity index (χ0) is 9.23. The first kappa shape index (κ1) is 14.4. The van der Waals surface area contributed by atoms with Gasteiger partial charge in [-0.05, 0) is 0 Å². The fraction of sp³-hybridized carbons (Fsp3) is 0.111. The van der Waals surface area contributed by atoms with Crippen molar-refractivity contribution in [3.8, 4) is 0 Å². The van der Waals surface area contributed by atoms with Crippen LogP contribution < -0.4 is 0 Å². The Bertz CT molecular complexity index is 341. The summed E-state index contributed by atoms with van der Waals surface area (Å²) in [6, 6.07) is 0. The van der Waals surface area contributed by atoms with Crippen LogP contribution in [-0.4, -0.2) is 12.8 Å². The zero-order valence-electron chi connectivity index (χ0n) is 7.07. The van der Waals surface area contributed by atoms with Gasteiger partial charge in [-0.15, -0.1) is 6.42 Å². The molecule has 0 aliphatic heterocycles. The van der Waals surface area contributed by atoms with Gasteiger partial charge in [0.15, 0.2) is 0 Å². The molecule has 1 rings (SSSR count). The van der Waals surface area contributed by atoms with Crippen LogP contribution in [0.5, 0.6) is 0 Å². The van der Waals surface area contributed by atoms with Crippen LogP contribution in [0.15, 0.2) is 18.2 Å². The van der Waals surface area contributed by atoms with Crippen molar-refractivity contribution in [1.82, 2.24) is 0 Å². The van der Waals surface area contributed by atoms with Gasteiger partial charge in [0, 0.05) is 0 Å². The predicted octanol–water partition coefficient (Wildman–Crippen LogP) is 0.562. The molecule has 0 unspecified atom stereocenters. The largest absolute Gasteiger partial charge is 0.358 e. The van der Waals surface area contributed by atoms with Crippen LogP contribution in [0.2, 0.25) is 0 Å². The molecule has 70 valence electrons. The standard InChI is InChI=1S/C5H5.3CO.CH3.W/c1-2-4-5-3-1;3*1-2;;/h1-3H,4H2;;;;1H3;/q-1;;;;-1;. The van der Waals surface area contributed by atoms with Crippen molar-refractivity contribution in [2.45, 2.75) is 6.42 Å². The first-order valence-electron chi connectivity index (χ1n) is 2.94. The van der Waals surface area contributed by atoms with E-state index >= 15 is 0 Å². The maximum Gasteiger partial charge on any atom is -0.109 e. The predicted molar refractivity (Wildman–Crippen MR) is 45.1 cm³/mol. The van der Waals surface area contributed by atoms with E-state index in [0.29, 0.717) is 0 Å². The summed E-state index contributed by atoms with van der Waals surface area (Å²) in [6.07, 6.45) is 10.0. The van der Waals surface area contributed by atoms with Crippen LogP contribution in [0.1, 0.15) is 6.42 Å². The second-order valence-corrected chi connectivity index (χ2v) is 5.56. The fourth-order valence-corrected chi connectivity index (χ4v) is 0.758. The van der Waals surface area contributed by atoms with Crippen molar-refractivity contribution in [2.24, 2.45) is 0 Å². The van der Waals surface area contributed by atoms with Crippen molar-refractivity contribution in [3.05, 3.63) is 31.7 Å². The Kier molecular flexibility index (Phi) is 12.1. The van der Waals surface area contributed by atoms with Gasteiger partial charge in [-0.2, -0.15) is 6.08 Å². The van der Waals surface area contributed by atoms with E-state index in [-0.39, 0.29) is 7.43 Å². The Morgan fingerprint density at radius 1 is 1.15 bits per heavy atom. The molecule has 0 spiro atoms. The van der Waals surface area contributed by atoms with Crippen LogP contribution in [0.4, 0.5) is 0 Å². The van der Waals surface area contributed by atoms with Gasteiger partial charge in [-0.3, -0.25) is 6.08 Å². The summed E-state index contributed by atoms with van der Waals surface area (Å²) in [5, 5.41) is 0. The molecule has 0 heterocycles. The SMILES string of the molecule is O=[C]=[W](=[C]=O)=[C]=O.[C-]1=CC=CC1.[CH3-]. The minimum absolute atomic E-state index is 0. The number of hydrogen-bond acceptors (Lipinski definition) is 3. The third-order valence-corrected chi connectivity index (χ3v) is 2.63. The van der Waals surface area contributed by atoms with Crippen molar-refractivity contribution in [2.75, 3.05) is 0 Å². The van der Waals surface area contributed by atoms with Gasteiger partial charge >= 0.3 is 43.1 Å². The van der Waals surface area contributed by atoms with Crippen molar-refractivity contribution in [1.29, 1.82) is 0 Å². The van der Waals surface area contributed by atoms with Crippen LogP contribution >= 0.6 is 0 Å². The number of hydrogen-bond donors (Lipinski definition) is 0. The summed E-state index contributed by atoms with van der Waals surface area (Å²) in [6.45, 7) is 0. The Morgan fingerprint density at radius 2 is 1.69 bits per heavy atom. The van der Waals surface area contributed by atoms with E-state index in [1.54, 1.807) is 0 Å². The van der Waals surface area contributed by atoms with Gasteiger partial charge in [-0.1, -0.05) is 0 Å². The molecular formula is C9H8O3W-2. The molecule has 0 aromatic rings. The minimum Gasteiger partial charge on any atom is -0.358 e. The average Bonchev–Trinajstić information content (AvgIpc) is 2.64. The fourth-order valence-electron chi connectivity index (χ4n) is 0.391. The smallest absolute Gasteiger partial charge is 0.109 e. The molecule has 0 radical (unpaired) electrons. The molecule has 1 aliphatic rings. The van der Waals surface area contributed by atoms with Gasteiger partial charge in [0.25, 0.3) is 0 Å². The second kappa shape index (κ2) is 10.9. The van der Waals surface area contributed by atoms with Gasteiger partial charge in [0.2, 0.25) is 0 Å². The molecule has 3 nitrogen and oxygen atoms in total. The van der Waals surface area contributed by atoms with Crippen LogP contribution in [0.25, 0.3) is 0 Å². The molecule has 0 aromatic heterocycles. The topological polar surface area (TPSA) is 51.2 Å². The summed E-state index contributed by atoms with van der Waals surface area (Å²) in [4.78, 5) is 28.2. The van der Waals surface area contributed by atoms with Crippen molar-refractivity contribution in [3.63, 3.8) is 0 Å². The third-order valence-electron chi connectivity index (χ3n) is 0.836. The summed E-state index contributed by atoms with van der Waals surface area (Å²) in [5.74, 6) is 0. The number of carbonyl (C=O) groups excluding carboxylic acids is 3. The molecule has 0 N–H and O–H groups in total. The minimum atomic E-state index is -3.05. The number of rotatable bonds is 0. The summed E-state index contributed by atoms with van der Waals surface area (Å²) >= 11 is -3.05. The second-order valence-electron chi connectivity index (χ2n) is 1.56. The van der Waals surface area contributed by atoms with Gasteiger partial charge in [0.05, 0.1) is 0 Å². The summed E-state index contributed by atoms with van der Waals surface area (Å²) in [5.41, 5.74) is 0. The van der Waals surface area contributed by atoms with Gasteiger partial charge in [0.1, 0.15) is 0 Å². The van der Waals surface area contributed by atoms with Gasteiger partial charge < -0.3 is 7.43 Å². The average molecular weight is 348 g/mol.